The van der Waals surface area contributed by atoms with Gasteiger partial charge in [0.15, 0.2) is 5.76 Å². The minimum absolute atomic E-state index is 0.00813. The van der Waals surface area contributed by atoms with Gasteiger partial charge in [0.25, 0.3) is 0 Å². The number of benzene rings is 2. The van der Waals surface area contributed by atoms with Crippen LogP contribution >= 0.6 is 20.8 Å². The van der Waals surface area contributed by atoms with Gasteiger partial charge < -0.3 is 15.0 Å². The number of allylic oxidation sites excluding steroid dienone is 1. The van der Waals surface area contributed by atoms with Crippen LogP contribution in [0, 0.1) is 12.7 Å². The molecule has 1 atom stereocenters. The van der Waals surface area contributed by atoms with Crippen molar-refractivity contribution in [2.45, 2.75) is 19.5 Å². The maximum absolute atomic E-state index is 14.7. The summed E-state index contributed by atoms with van der Waals surface area (Å²) in [6.07, 6.45) is 0.817. The van der Waals surface area contributed by atoms with Crippen molar-refractivity contribution in [1.29, 1.82) is 0 Å². The van der Waals surface area contributed by atoms with Gasteiger partial charge in [0, 0.05) is 16.8 Å². The summed E-state index contributed by atoms with van der Waals surface area (Å²) in [6.45, 7) is 3.33. The van der Waals surface area contributed by atoms with E-state index in [4.69, 9.17) is 26.6 Å². The molecule has 0 radical (unpaired) electrons. The zero-order valence-corrected chi connectivity index (χ0v) is 20.0. The van der Waals surface area contributed by atoms with Crippen LogP contribution in [0.3, 0.4) is 0 Å². The Morgan fingerprint density at radius 1 is 1.32 bits per heavy atom. The Morgan fingerprint density at radius 3 is 2.65 bits per heavy atom. The molecule has 0 saturated carbocycles. The van der Waals surface area contributed by atoms with Crippen LogP contribution < -0.4 is 5.73 Å². The molecule has 1 aromatic heterocycles. The maximum Gasteiger partial charge on any atom is 0.344 e. The lowest BCUT2D eigenvalue weighted by molar-refractivity contribution is 0.0526. The van der Waals surface area contributed by atoms with Crippen molar-refractivity contribution in [2.75, 3.05) is 6.61 Å². The molecule has 1 heterocycles. The van der Waals surface area contributed by atoms with Crippen LogP contribution in [-0.2, 0) is 4.74 Å². The Balaban J connectivity index is 2.26. The summed E-state index contributed by atoms with van der Waals surface area (Å²) < 4.78 is 53.5. The highest BCUT2D eigenvalue weighted by Crippen LogP contribution is 2.38. The predicted octanol–water partition coefficient (Wildman–Crippen LogP) is 6.16. The number of hydrogen-bond donors (Lipinski definition) is 1. The van der Waals surface area contributed by atoms with E-state index in [-0.39, 0.29) is 29.3 Å². The first-order valence-electron chi connectivity index (χ1n) is 9.94. The third kappa shape index (κ3) is 5.48. The lowest BCUT2D eigenvalue weighted by Crippen LogP contribution is -2.24. The number of aromatic nitrogens is 1. The molecule has 0 aliphatic carbocycles. The lowest BCUT2D eigenvalue weighted by Gasteiger charge is -2.16. The minimum atomic E-state index is -3.63. The fraction of sp³-hybridized carbons (Fsp3) is 0.174. The molecule has 0 saturated heterocycles. The zero-order valence-electron chi connectivity index (χ0n) is 18.1. The average Bonchev–Trinajstić information content (AvgIpc) is 3.18. The van der Waals surface area contributed by atoms with Gasteiger partial charge in [0.05, 0.1) is 17.9 Å². The number of rotatable bonds is 7. The normalized spacial score (nSPS) is 12.7. The number of nitrogens with zero attached hydrogens (tertiary/aromatic N) is 2. The minimum Gasteiger partial charge on any atom is -0.462 e. The van der Waals surface area contributed by atoms with Crippen LogP contribution in [0.1, 0.15) is 28.6 Å². The maximum atomic E-state index is 14.7. The van der Waals surface area contributed by atoms with Crippen LogP contribution in [0.25, 0.3) is 16.8 Å². The van der Waals surface area contributed by atoms with E-state index in [0.29, 0.717) is 16.1 Å². The smallest absolute Gasteiger partial charge is 0.344 e. The standard InChI is InChI=1S/C23H20ClF3N3O3P/c1-3-32-22(31)18-19(16-8-7-13(24)9-12(16)2)30-33-20(18)17(11-28)21(23(26,27)34)29-15-6-4-5-14(25)10-15/h4-11H,3,28,34H2,1-2H3. The van der Waals surface area contributed by atoms with E-state index in [1.54, 1.807) is 32.0 Å². The molecule has 178 valence electrons. The van der Waals surface area contributed by atoms with Crippen LogP contribution in [0.5, 0.6) is 0 Å². The van der Waals surface area contributed by atoms with Gasteiger partial charge in [-0.2, -0.15) is 8.78 Å². The topological polar surface area (TPSA) is 90.7 Å². The van der Waals surface area contributed by atoms with Gasteiger partial charge in [-0.1, -0.05) is 38.1 Å². The van der Waals surface area contributed by atoms with Crippen molar-refractivity contribution in [1.82, 2.24) is 5.16 Å². The number of ether oxygens (including phenoxy) is 1. The highest BCUT2D eigenvalue weighted by molar-refractivity contribution is 7.20. The second-order valence-electron chi connectivity index (χ2n) is 7.06. The van der Waals surface area contributed by atoms with Gasteiger partial charge in [-0.25, -0.2) is 14.2 Å². The molecule has 3 aromatic rings. The number of carbonyl (C=O) groups excluding carboxylic acids is 1. The molecule has 0 aliphatic heterocycles. The zero-order chi connectivity index (χ0) is 25.0. The number of carbonyl (C=O) groups is 1. The fourth-order valence-corrected chi connectivity index (χ4v) is 3.64. The van der Waals surface area contributed by atoms with Crippen molar-refractivity contribution in [3.8, 4) is 11.3 Å². The Hall–Kier alpha value is -3.16. The highest BCUT2D eigenvalue weighted by atomic mass is 35.5. The number of nitrogens with two attached hydrogens (primary N) is 1. The van der Waals surface area contributed by atoms with E-state index < -0.39 is 28.7 Å². The first-order chi connectivity index (χ1) is 16.1. The quantitative estimate of drug-likeness (QED) is 0.234. The molecule has 6 nitrogen and oxygen atoms in total. The molecule has 0 bridgehead atoms. The lowest BCUT2D eigenvalue weighted by atomic mass is 9.98. The first kappa shape index (κ1) is 25.5. The molecule has 0 fully saturated rings. The average molecular weight is 510 g/mol. The number of esters is 1. The largest absolute Gasteiger partial charge is 0.462 e. The predicted molar refractivity (Wildman–Crippen MR) is 128 cm³/mol. The third-order valence-corrected chi connectivity index (χ3v) is 5.15. The van der Waals surface area contributed by atoms with Gasteiger partial charge in [0.1, 0.15) is 22.8 Å². The molecule has 2 aromatic carbocycles. The van der Waals surface area contributed by atoms with E-state index in [9.17, 15) is 18.0 Å². The molecule has 34 heavy (non-hydrogen) atoms. The summed E-state index contributed by atoms with van der Waals surface area (Å²) in [6, 6.07) is 9.61. The number of hydrogen-bond acceptors (Lipinski definition) is 6. The first-order valence-corrected chi connectivity index (χ1v) is 10.9. The van der Waals surface area contributed by atoms with Gasteiger partial charge in [-0.05, 0) is 49.7 Å². The van der Waals surface area contributed by atoms with Gasteiger partial charge in [0.2, 0.25) is 0 Å². The Morgan fingerprint density at radius 2 is 2.06 bits per heavy atom. The Bertz CT molecular complexity index is 1290. The van der Waals surface area contributed by atoms with Crippen LogP contribution in [-0.4, -0.2) is 29.1 Å². The second-order valence-corrected chi connectivity index (χ2v) is 8.22. The van der Waals surface area contributed by atoms with Crippen molar-refractivity contribution < 1.29 is 27.2 Å². The van der Waals surface area contributed by atoms with E-state index in [1.807, 2.05) is 0 Å². The molecule has 0 amide bonds. The molecule has 3 rings (SSSR count). The fourth-order valence-electron chi connectivity index (χ4n) is 3.19. The summed E-state index contributed by atoms with van der Waals surface area (Å²) in [5.41, 5.74) is 1.64. The van der Waals surface area contributed by atoms with Crippen molar-refractivity contribution in [2.24, 2.45) is 10.7 Å². The van der Waals surface area contributed by atoms with Crippen LogP contribution in [0.15, 0.2) is 58.2 Å². The highest BCUT2D eigenvalue weighted by Gasteiger charge is 2.38. The van der Waals surface area contributed by atoms with Crippen LogP contribution in [0.2, 0.25) is 5.02 Å². The van der Waals surface area contributed by atoms with Crippen LogP contribution in [0.4, 0.5) is 18.9 Å². The number of aliphatic imine (C=N–C) groups is 1. The van der Waals surface area contributed by atoms with Crippen molar-refractivity contribution >= 4 is 43.8 Å². The summed E-state index contributed by atoms with van der Waals surface area (Å²) >= 11 is 6.03. The van der Waals surface area contributed by atoms with Gasteiger partial charge in [-0.15, -0.1) is 0 Å². The van der Waals surface area contributed by atoms with Crippen molar-refractivity contribution in [3.63, 3.8) is 0 Å². The van der Waals surface area contributed by atoms with E-state index in [2.05, 4.69) is 10.1 Å². The van der Waals surface area contributed by atoms with Gasteiger partial charge in [-0.3, -0.25) is 0 Å². The van der Waals surface area contributed by atoms with Gasteiger partial charge >= 0.3 is 11.6 Å². The second kappa shape index (κ2) is 10.4. The number of halogens is 4. The summed E-state index contributed by atoms with van der Waals surface area (Å²) in [4.78, 5) is 16.8. The summed E-state index contributed by atoms with van der Waals surface area (Å²) in [7, 11) is 1.34. The van der Waals surface area contributed by atoms with E-state index in [0.717, 1.165) is 18.3 Å². The van der Waals surface area contributed by atoms with E-state index in [1.165, 1.54) is 21.4 Å². The Labute approximate surface area is 200 Å². The monoisotopic (exact) mass is 509 g/mol. The molecule has 2 N–H and O–H groups in total. The van der Waals surface area contributed by atoms with Crippen molar-refractivity contribution in [3.05, 3.63) is 76.4 Å². The van der Waals surface area contributed by atoms with E-state index >= 15 is 0 Å². The number of alkyl halides is 2. The Kier molecular flexibility index (Phi) is 7.79. The molecular formula is C23H20ClF3N3O3P. The molecule has 0 aliphatic rings. The SMILES string of the molecule is CCOC(=O)c1c(-c2ccc(Cl)cc2C)noc1C(=CN)C(=Nc1cccc(F)c1)C(F)(F)P. The molecular weight excluding hydrogens is 490 g/mol. The number of aryl methyl sites for hydroxylation is 1. The molecule has 1 unspecified atom stereocenters. The molecule has 0 spiro atoms. The summed E-state index contributed by atoms with van der Waals surface area (Å²) in [5.74, 6) is -1.90. The third-order valence-electron chi connectivity index (χ3n) is 4.65. The molecule has 11 heteroatoms. The summed E-state index contributed by atoms with van der Waals surface area (Å²) in [5, 5.41) is 4.41.